The van der Waals surface area contributed by atoms with Crippen molar-refractivity contribution < 1.29 is 19.4 Å². The molecule has 30 heavy (non-hydrogen) atoms. The van der Waals surface area contributed by atoms with Gasteiger partial charge in [-0.15, -0.1) is 0 Å². The van der Waals surface area contributed by atoms with Crippen LogP contribution in [0.15, 0.2) is 36.4 Å². The number of halogens is 2. The molecule has 0 saturated carbocycles. The first kappa shape index (κ1) is 22.7. The van der Waals surface area contributed by atoms with Crippen molar-refractivity contribution in [2.75, 3.05) is 26.3 Å². The van der Waals surface area contributed by atoms with E-state index in [0.29, 0.717) is 60.7 Å². The van der Waals surface area contributed by atoms with Gasteiger partial charge in [-0.2, -0.15) is 0 Å². The molecule has 0 aromatic heterocycles. The molecule has 0 bridgehead atoms. The van der Waals surface area contributed by atoms with Crippen LogP contribution in [0.4, 0.5) is 0 Å². The molecular weight excluding hydrogens is 425 g/mol. The number of nitrogens with zero attached hydrogens (tertiary/aromatic N) is 1. The SMILES string of the molecule is CCOc1ccc(C(c2cccc(Cl)c2Cl)N2CCC(C(=O)O)CC2)cc1OCC. The highest BCUT2D eigenvalue weighted by molar-refractivity contribution is 6.42. The van der Waals surface area contributed by atoms with Gasteiger partial charge >= 0.3 is 5.97 Å². The van der Waals surface area contributed by atoms with Crippen molar-refractivity contribution in [3.05, 3.63) is 57.6 Å². The Balaban J connectivity index is 2.03. The Hall–Kier alpha value is -1.95. The number of carbonyl (C=O) groups is 1. The van der Waals surface area contributed by atoms with Crippen LogP contribution in [0.2, 0.25) is 10.0 Å². The highest BCUT2D eigenvalue weighted by Crippen LogP contribution is 2.41. The minimum atomic E-state index is -0.730. The highest BCUT2D eigenvalue weighted by Gasteiger charge is 2.32. The number of ether oxygens (including phenoxy) is 2. The van der Waals surface area contributed by atoms with E-state index in [4.69, 9.17) is 32.7 Å². The molecule has 1 aliphatic rings. The largest absolute Gasteiger partial charge is 0.490 e. The molecule has 1 atom stereocenters. The van der Waals surface area contributed by atoms with E-state index in [1.807, 2.05) is 44.2 Å². The molecule has 0 radical (unpaired) electrons. The van der Waals surface area contributed by atoms with Gasteiger partial charge in [-0.25, -0.2) is 0 Å². The zero-order valence-corrected chi connectivity index (χ0v) is 18.7. The second-order valence-corrected chi connectivity index (χ2v) is 8.05. The molecule has 1 saturated heterocycles. The van der Waals surface area contributed by atoms with E-state index >= 15 is 0 Å². The Kier molecular flexibility index (Phi) is 7.87. The van der Waals surface area contributed by atoms with E-state index in [1.54, 1.807) is 6.07 Å². The second-order valence-electron chi connectivity index (χ2n) is 7.27. The maximum Gasteiger partial charge on any atom is 0.306 e. The number of carboxylic acid groups (broad SMARTS) is 1. The molecule has 5 nitrogen and oxygen atoms in total. The van der Waals surface area contributed by atoms with Crippen LogP contribution in [0, 0.1) is 5.92 Å². The van der Waals surface area contributed by atoms with Crippen molar-refractivity contribution in [3.8, 4) is 11.5 Å². The maximum absolute atomic E-state index is 11.4. The summed E-state index contributed by atoms with van der Waals surface area (Å²) in [6.45, 7) is 6.25. The maximum atomic E-state index is 11.4. The number of carboxylic acids is 1. The molecule has 3 rings (SSSR count). The van der Waals surface area contributed by atoms with E-state index in [9.17, 15) is 9.90 Å². The van der Waals surface area contributed by atoms with Gasteiger partial charge in [-0.1, -0.05) is 41.4 Å². The van der Waals surface area contributed by atoms with Crippen molar-refractivity contribution in [1.82, 2.24) is 4.90 Å². The predicted octanol–water partition coefficient (Wildman–Crippen LogP) is 5.68. The van der Waals surface area contributed by atoms with Crippen molar-refractivity contribution in [3.63, 3.8) is 0 Å². The molecule has 7 heteroatoms. The third-order valence-corrected chi connectivity index (χ3v) is 6.24. The van der Waals surface area contributed by atoms with E-state index in [2.05, 4.69) is 4.90 Å². The standard InChI is InChI=1S/C23H27Cl2NO4/c1-3-29-19-9-8-16(14-20(19)30-4-2)22(17-6-5-7-18(24)21(17)25)26-12-10-15(11-13-26)23(27)28/h5-9,14-15,22H,3-4,10-13H2,1-2H3,(H,27,28). The highest BCUT2D eigenvalue weighted by atomic mass is 35.5. The summed E-state index contributed by atoms with van der Waals surface area (Å²) in [7, 11) is 0. The van der Waals surface area contributed by atoms with E-state index < -0.39 is 5.97 Å². The summed E-state index contributed by atoms with van der Waals surface area (Å²) in [6.07, 6.45) is 1.19. The van der Waals surface area contributed by atoms with Gasteiger partial charge in [0.25, 0.3) is 0 Å². The summed E-state index contributed by atoms with van der Waals surface area (Å²) >= 11 is 12.9. The Morgan fingerprint density at radius 3 is 2.40 bits per heavy atom. The average Bonchev–Trinajstić information content (AvgIpc) is 2.74. The smallest absolute Gasteiger partial charge is 0.306 e. The van der Waals surface area contributed by atoms with Crippen LogP contribution >= 0.6 is 23.2 Å². The summed E-state index contributed by atoms with van der Waals surface area (Å²) in [6, 6.07) is 11.4. The molecule has 2 aromatic carbocycles. The molecule has 1 fully saturated rings. The minimum Gasteiger partial charge on any atom is -0.490 e. The fraction of sp³-hybridized carbons (Fsp3) is 0.435. The van der Waals surface area contributed by atoms with Crippen LogP contribution in [0.5, 0.6) is 11.5 Å². The van der Waals surface area contributed by atoms with Crippen LogP contribution in [0.1, 0.15) is 43.9 Å². The topological polar surface area (TPSA) is 59.0 Å². The number of benzene rings is 2. The zero-order valence-electron chi connectivity index (χ0n) is 17.2. The van der Waals surface area contributed by atoms with Crippen LogP contribution < -0.4 is 9.47 Å². The van der Waals surface area contributed by atoms with Crippen LogP contribution in [0.25, 0.3) is 0 Å². The number of likely N-dealkylation sites (tertiary alicyclic amines) is 1. The lowest BCUT2D eigenvalue weighted by Crippen LogP contribution is -2.39. The Bertz CT molecular complexity index is 882. The number of hydrogen-bond acceptors (Lipinski definition) is 4. The molecule has 0 aliphatic carbocycles. The van der Waals surface area contributed by atoms with Crippen molar-refractivity contribution in [2.45, 2.75) is 32.7 Å². The van der Waals surface area contributed by atoms with Crippen LogP contribution in [0.3, 0.4) is 0 Å². The Morgan fingerprint density at radius 2 is 1.77 bits per heavy atom. The summed E-state index contributed by atoms with van der Waals surface area (Å²) in [5.74, 6) is 0.340. The molecule has 0 spiro atoms. The average molecular weight is 452 g/mol. The van der Waals surface area contributed by atoms with E-state index in [-0.39, 0.29) is 12.0 Å². The molecular formula is C23H27Cl2NO4. The first-order valence-corrected chi connectivity index (χ1v) is 11.0. The molecule has 1 unspecified atom stereocenters. The normalized spacial score (nSPS) is 16.3. The van der Waals surface area contributed by atoms with E-state index in [1.165, 1.54) is 0 Å². The summed E-state index contributed by atoms with van der Waals surface area (Å²) in [5, 5.41) is 10.4. The zero-order chi connectivity index (χ0) is 21.7. The molecule has 2 aromatic rings. The van der Waals surface area contributed by atoms with Crippen LogP contribution in [-0.4, -0.2) is 42.3 Å². The molecule has 0 amide bonds. The Morgan fingerprint density at radius 1 is 1.10 bits per heavy atom. The predicted molar refractivity (Wildman–Crippen MR) is 119 cm³/mol. The van der Waals surface area contributed by atoms with Gasteiger partial charge in [0, 0.05) is 0 Å². The third-order valence-electron chi connectivity index (χ3n) is 5.40. The first-order chi connectivity index (χ1) is 14.5. The van der Waals surface area contributed by atoms with Crippen LogP contribution in [-0.2, 0) is 4.79 Å². The molecule has 1 N–H and O–H groups in total. The first-order valence-electron chi connectivity index (χ1n) is 10.3. The van der Waals surface area contributed by atoms with Crippen molar-refractivity contribution >= 4 is 29.2 Å². The van der Waals surface area contributed by atoms with Gasteiger partial charge in [0.15, 0.2) is 11.5 Å². The number of rotatable bonds is 8. The molecule has 1 aliphatic heterocycles. The lowest BCUT2D eigenvalue weighted by Gasteiger charge is -2.37. The van der Waals surface area contributed by atoms with Gasteiger partial charge in [0.2, 0.25) is 0 Å². The van der Waals surface area contributed by atoms with E-state index in [0.717, 1.165) is 11.1 Å². The quantitative estimate of drug-likeness (QED) is 0.559. The van der Waals surface area contributed by atoms with Gasteiger partial charge in [-0.3, -0.25) is 9.69 Å². The van der Waals surface area contributed by atoms with Gasteiger partial charge < -0.3 is 14.6 Å². The van der Waals surface area contributed by atoms with Crippen molar-refractivity contribution in [2.24, 2.45) is 5.92 Å². The lowest BCUT2D eigenvalue weighted by atomic mass is 9.91. The van der Waals surface area contributed by atoms with Gasteiger partial charge in [0.05, 0.1) is 35.2 Å². The monoisotopic (exact) mass is 451 g/mol. The summed E-state index contributed by atoms with van der Waals surface area (Å²) in [5.41, 5.74) is 1.89. The Labute approximate surface area is 187 Å². The summed E-state index contributed by atoms with van der Waals surface area (Å²) in [4.78, 5) is 13.7. The van der Waals surface area contributed by atoms with Gasteiger partial charge in [0.1, 0.15) is 0 Å². The fourth-order valence-electron chi connectivity index (χ4n) is 3.96. The lowest BCUT2D eigenvalue weighted by molar-refractivity contribution is -0.143. The second kappa shape index (κ2) is 10.4. The minimum absolute atomic E-state index is 0.166. The number of piperidine rings is 1. The molecule has 162 valence electrons. The number of aliphatic carboxylic acids is 1. The number of hydrogen-bond donors (Lipinski definition) is 1. The van der Waals surface area contributed by atoms with Gasteiger partial charge in [-0.05, 0) is 69.1 Å². The fourth-order valence-corrected chi connectivity index (χ4v) is 4.37. The third kappa shape index (κ3) is 5.02. The summed E-state index contributed by atoms with van der Waals surface area (Å²) < 4.78 is 11.5. The molecule has 1 heterocycles. The van der Waals surface area contributed by atoms with Crippen molar-refractivity contribution in [1.29, 1.82) is 0 Å².